The average molecular weight is 307 g/mol. The topological polar surface area (TPSA) is 73.1 Å². The number of carboxylic acids is 1. The molecule has 2 rings (SSSR count). The Labute approximate surface area is 129 Å². The fraction of sp³-hybridized carbons (Fsp3) is 0.500. The van der Waals surface area contributed by atoms with Gasteiger partial charge in [0, 0.05) is 11.6 Å². The van der Waals surface area contributed by atoms with Crippen LogP contribution in [-0.2, 0) is 4.79 Å². The number of nitriles is 1. The van der Waals surface area contributed by atoms with Gasteiger partial charge in [0.1, 0.15) is 6.07 Å². The lowest BCUT2D eigenvalue weighted by molar-refractivity contribution is -0.149. The number of nitrogens with one attached hydrogen (secondary N) is 1. The van der Waals surface area contributed by atoms with Crippen molar-refractivity contribution < 1.29 is 9.90 Å². The molecule has 0 radical (unpaired) electrons. The lowest BCUT2D eigenvalue weighted by Gasteiger charge is -2.29. The summed E-state index contributed by atoms with van der Waals surface area (Å²) in [5.41, 5.74) is 0.342. The highest BCUT2D eigenvalue weighted by Gasteiger charge is 2.38. The molecule has 112 valence electrons. The molecule has 0 unspecified atom stereocenters. The van der Waals surface area contributed by atoms with E-state index >= 15 is 0 Å². The summed E-state index contributed by atoms with van der Waals surface area (Å²) in [5, 5.41) is 22.4. The van der Waals surface area contributed by atoms with E-state index in [0.29, 0.717) is 35.7 Å². The van der Waals surface area contributed by atoms with Crippen LogP contribution >= 0.6 is 11.6 Å². The van der Waals surface area contributed by atoms with Gasteiger partial charge in [-0.15, -0.1) is 0 Å². The number of carbonyl (C=O) groups is 1. The second-order valence-corrected chi connectivity index (χ2v) is 6.09. The summed E-state index contributed by atoms with van der Waals surface area (Å²) in [5.74, 6) is -0.752. The first-order chi connectivity index (χ1) is 10.1. The maximum Gasteiger partial charge on any atom is 0.311 e. The minimum absolute atomic E-state index is 0.331. The van der Waals surface area contributed by atoms with E-state index in [1.165, 1.54) is 0 Å². The zero-order valence-electron chi connectivity index (χ0n) is 11.9. The van der Waals surface area contributed by atoms with E-state index in [1.54, 1.807) is 18.2 Å². The van der Waals surface area contributed by atoms with Gasteiger partial charge >= 0.3 is 5.97 Å². The number of benzene rings is 1. The molecular weight excluding hydrogens is 288 g/mol. The molecule has 0 amide bonds. The number of nitrogens with zero attached hydrogens (tertiary/aromatic N) is 1. The molecule has 0 aliphatic heterocycles. The second-order valence-electron chi connectivity index (χ2n) is 5.65. The second kappa shape index (κ2) is 6.82. The molecule has 0 aromatic heterocycles. The van der Waals surface area contributed by atoms with E-state index in [-0.39, 0.29) is 0 Å². The lowest BCUT2D eigenvalue weighted by atomic mass is 9.80. The Kier molecular flexibility index (Phi) is 5.08. The minimum atomic E-state index is -0.752. The van der Waals surface area contributed by atoms with Crippen molar-refractivity contribution in [3.05, 3.63) is 28.8 Å². The van der Waals surface area contributed by atoms with Crippen LogP contribution in [-0.4, -0.2) is 17.6 Å². The molecule has 1 fully saturated rings. The summed E-state index contributed by atoms with van der Waals surface area (Å²) >= 11 is 5.95. The molecule has 0 heterocycles. The lowest BCUT2D eigenvalue weighted by Crippen LogP contribution is -2.37. The number of hydrogen-bond acceptors (Lipinski definition) is 3. The molecule has 2 N–H and O–H groups in total. The van der Waals surface area contributed by atoms with Crippen LogP contribution in [0.3, 0.4) is 0 Å². The van der Waals surface area contributed by atoms with E-state index in [0.717, 1.165) is 25.7 Å². The van der Waals surface area contributed by atoms with Crippen LogP contribution in [0.4, 0.5) is 5.69 Å². The van der Waals surface area contributed by atoms with E-state index < -0.39 is 11.4 Å². The maximum absolute atomic E-state index is 11.7. The molecule has 0 bridgehead atoms. The minimum Gasteiger partial charge on any atom is -0.481 e. The quantitative estimate of drug-likeness (QED) is 0.823. The number of halogens is 1. The third-order valence-corrected chi connectivity index (χ3v) is 4.47. The first-order valence-corrected chi connectivity index (χ1v) is 7.62. The van der Waals surface area contributed by atoms with Crippen molar-refractivity contribution in [1.29, 1.82) is 5.26 Å². The van der Waals surface area contributed by atoms with Crippen LogP contribution in [0, 0.1) is 16.7 Å². The third kappa shape index (κ3) is 3.68. The van der Waals surface area contributed by atoms with Crippen molar-refractivity contribution >= 4 is 23.3 Å². The standard InChI is InChI=1S/C16H19ClN2O2/c17-13-6-5-12(10-18)14(9-13)19-11-16(15(20)21)7-3-1-2-4-8-16/h5-6,9,19H,1-4,7-8,11H2,(H,20,21). The molecule has 0 saturated heterocycles. The van der Waals surface area contributed by atoms with E-state index in [1.807, 2.05) is 0 Å². The number of rotatable bonds is 4. The highest BCUT2D eigenvalue weighted by molar-refractivity contribution is 6.30. The van der Waals surface area contributed by atoms with Crippen molar-refractivity contribution in [3.8, 4) is 6.07 Å². The Morgan fingerprint density at radius 2 is 2.00 bits per heavy atom. The summed E-state index contributed by atoms with van der Waals surface area (Å²) in [6, 6.07) is 7.07. The number of carboxylic acid groups (broad SMARTS) is 1. The molecule has 5 heteroatoms. The first kappa shape index (κ1) is 15.7. The van der Waals surface area contributed by atoms with Crippen LogP contribution in [0.25, 0.3) is 0 Å². The van der Waals surface area contributed by atoms with Crippen molar-refractivity contribution in [2.24, 2.45) is 5.41 Å². The highest BCUT2D eigenvalue weighted by Crippen LogP contribution is 2.36. The third-order valence-electron chi connectivity index (χ3n) is 4.23. The van der Waals surface area contributed by atoms with Crippen molar-refractivity contribution in [3.63, 3.8) is 0 Å². The Morgan fingerprint density at radius 3 is 2.57 bits per heavy atom. The predicted octanol–water partition coefficient (Wildman–Crippen LogP) is 4.05. The largest absolute Gasteiger partial charge is 0.481 e. The van der Waals surface area contributed by atoms with Gasteiger partial charge in [-0.1, -0.05) is 37.3 Å². The highest BCUT2D eigenvalue weighted by atomic mass is 35.5. The maximum atomic E-state index is 11.7. The van der Waals surface area contributed by atoms with Crippen LogP contribution in [0.15, 0.2) is 18.2 Å². The summed E-state index contributed by atoms with van der Waals surface area (Å²) in [6.07, 6.45) is 5.42. The summed E-state index contributed by atoms with van der Waals surface area (Å²) in [6.45, 7) is 0.331. The normalized spacial score (nSPS) is 17.5. The number of hydrogen-bond donors (Lipinski definition) is 2. The van der Waals surface area contributed by atoms with Gasteiger partial charge in [0.05, 0.1) is 16.7 Å². The van der Waals surface area contributed by atoms with Gasteiger partial charge in [0.15, 0.2) is 0 Å². The Bertz CT molecular complexity index is 558. The van der Waals surface area contributed by atoms with Crippen molar-refractivity contribution in [1.82, 2.24) is 0 Å². The predicted molar refractivity (Wildman–Crippen MR) is 82.4 cm³/mol. The molecule has 1 aromatic rings. The van der Waals surface area contributed by atoms with Crippen LogP contribution in [0.5, 0.6) is 0 Å². The molecule has 1 aliphatic carbocycles. The van der Waals surface area contributed by atoms with Crippen LogP contribution in [0.2, 0.25) is 5.02 Å². The number of aliphatic carboxylic acids is 1. The number of anilines is 1. The zero-order chi connectivity index (χ0) is 15.3. The summed E-state index contributed by atoms with van der Waals surface area (Å²) in [4.78, 5) is 11.7. The van der Waals surface area contributed by atoms with Gasteiger partial charge in [-0.2, -0.15) is 5.26 Å². The van der Waals surface area contributed by atoms with Crippen LogP contribution < -0.4 is 5.32 Å². The first-order valence-electron chi connectivity index (χ1n) is 7.24. The summed E-state index contributed by atoms with van der Waals surface area (Å²) in [7, 11) is 0. The Balaban J connectivity index is 2.17. The van der Waals surface area contributed by atoms with E-state index in [9.17, 15) is 9.90 Å². The molecule has 1 aromatic carbocycles. The molecular formula is C16H19ClN2O2. The zero-order valence-corrected chi connectivity index (χ0v) is 12.6. The molecule has 1 aliphatic rings. The van der Waals surface area contributed by atoms with E-state index in [2.05, 4.69) is 11.4 Å². The van der Waals surface area contributed by atoms with Gasteiger partial charge in [-0.3, -0.25) is 4.79 Å². The molecule has 0 atom stereocenters. The fourth-order valence-corrected chi connectivity index (χ4v) is 3.07. The van der Waals surface area contributed by atoms with Gasteiger partial charge in [-0.25, -0.2) is 0 Å². The fourth-order valence-electron chi connectivity index (χ4n) is 2.90. The van der Waals surface area contributed by atoms with Crippen molar-refractivity contribution in [2.45, 2.75) is 38.5 Å². The van der Waals surface area contributed by atoms with Crippen molar-refractivity contribution in [2.75, 3.05) is 11.9 Å². The molecule has 1 saturated carbocycles. The summed E-state index contributed by atoms with van der Waals surface area (Å²) < 4.78 is 0. The Hall–Kier alpha value is -1.73. The van der Waals surface area contributed by atoms with Gasteiger partial charge in [-0.05, 0) is 31.0 Å². The van der Waals surface area contributed by atoms with Gasteiger partial charge < -0.3 is 10.4 Å². The average Bonchev–Trinajstić information content (AvgIpc) is 2.72. The van der Waals surface area contributed by atoms with Crippen LogP contribution in [0.1, 0.15) is 44.1 Å². The van der Waals surface area contributed by atoms with Gasteiger partial charge in [0.25, 0.3) is 0 Å². The van der Waals surface area contributed by atoms with Gasteiger partial charge in [0.2, 0.25) is 0 Å². The molecule has 0 spiro atoms. The smallest absolute Gasteiger partial charge is 0.311 e. The molecule has 4 nitrogen and oxygen atoms in total. The Morgan fingerprint density at radius 1 is 1.33 bits per heavy atom. The SMILES string of the molecule is N#Cc1ccc(Cl)cc1NCC1(C(=O)O)CCCCCC1. The van der Waals surface area contributed by atoms with E-state index in [4.69, 9.17) is 16.9 Å². The monoisotopic (exact) mass is 306 g/mol. The molecule has 21 heavy (non-hydrogen) atoms.